The van der Waals surface area contributed by atoms with E-state index in [1.165, 1.54) is 0 Å². The van der Waals surface area contributed by atoms with Gasteiger partial charge in [0.05, 0.1) is 11.7 Å². The van der Waals surface area contributed by atoms with Crippen LogP contribution in [-0.2, 0) is 6.42 Å². The number of amides is 1. The fraction of sp³-hybridized carbons (Fsp3) is 0.562. The summed E-state index contributed by atoms with van der Waals surface area (Å²) in [5.74, 6) is 0.0266. The molecule has 2 N–H and O–H groups in total. The molecule has 1 fully saturated rings. The van der Waals surface area contributed by atoms with Crippen molar-refractivity contribution < 1.29 is 15.0 Å². The summed E-state index contributed by atoms with van der Waals surface area (Å²) in [4.78, 5) is 14.3. The minimum Gasteiger partial charge on any atom is -0.507 e. The van der Waals surface area contributed by atoms with Gasteiger partial charge in [-0.2, -0.15) is 0 Å². The number of phenolic OH excluding ortho intramolecular Hbond substituents is 1. The van der Waals surface area contributed by atoms with Gasteiger partial charge in [0.15, 0.2) is 0 Å². The molecule has 0 aliphatic carbocycles. The number of aliphatic hydroxyl groups is 1. The van der Waals surface area contributed by atoms with Crippen molar-refractivity contribution in [2.24, 2.45) is 5.92 Å². The first-order valence-corrected chi connectivity index (χ1v) is 7.32. The number of aromatic hydroxyl groups is 1. The largest absolute Gasteiger partial charge is 0.507 e. The van der Waals surface area contributed by atoms with Crippen LogP contribution in [0.15, 0.2) is 18.2 Å². The first-order chi connectivity index (χ1) is 9.52. The summed E-state index contributed by atoms with van der Waals surface area (Å²) in [6.45, 7) is 5.04. The van der Waals surface area contributed by atoms with Crippen LogP contribution in [-0.4, -0.2) is 40.2 Å². The molecule has 1 aliphatic heterocycles. The van der Waals surface area contributed by atoms with Gasteiger partial charge >= 0.3 is 0 Å². The molecule has 1 heterocycles. The van der Waals surface area contributed by atoms with Gasteiger partial charge in [-0.1, -0.05) is 13.0 Å². The van der Waals surface area contributed by atoms with Gasteiger partial charge in [0.25, 0.3) is 5.91 Å². The monoisotopic (exact) mass is 277 g/mol. The lowest BCUT2D eigenvalue weighted by atomic mass is 9.93. The van der Waals surface area contributed by atoms with Crippen LogP contribution < -0.4 is 0 Å². The smallest absolute Gasteiger partial charge is 0.257 e. The van der Waals surface area contributed by atoms with E-state index in [0.29, 0.717) is 18.7 Å². The Hall–Kier alpha value is -1.55. The van der Waals surface area contributed by atoms with E-state index in [0.717, 1.165) is 24.8 Å². The molecule has 0 spiro atoms. The van der Waals surface area contributed by atoms with E-state index in [9.17, 15) is 15.0 Å². The van der Waals surface area contributed by atoms with Crippen molar-refractivity contribution >= 4 is 5.91 Å². The number of likely N-dealkylation sites (tertiary alicyclic amines) is 1. The maximum atomic E-state index is 12.5. The number of hydrogen-bond donors (Lipinski definition) is 2. The Balaban J connectivity index is 2.18. The van der Waals surface area contributed by atoms with Crippen LogP contribution in [0.3, 0.4) is 0 Å². The Morgan fingerprint density at radius 3 is 2.90 bits per heavy atom. The third-order valence-corrected chi connectivity index (χ3v) is 4.13. The van der Waals surface area contributed by atoms with Gasteiger partial charge in [0.2, 0.25) is 0 Å². The maximum absolute atomic E-state index is 12.5. The third kappa shape index (κ3) is 3.12. The maximum Gasteiger partial charge on any atom is 0.257 e. The predicted molar refractivity (Wildman–Crippen MR) is 77.8 cm³/mol. The van der Waals surface area contributed by atoms with Crippen molar-refractivity contribution in [1.29, 1.82) is 0 Å². The van der Waals surface area contributed by atoms with E-state index < -0.39 is 6.10 Å². The number of piperidine rings is 1. The fourth-order valence-electron chi connectivity index (χ4n) is 2.73. The number of rotatable bonds is 3. The molecule has 1 aromatic rings. The zero-order valence-electron chi connectivity index (χ0n) is 12.2. The quantitative estimate of drug-likeness (QED) is 0.890. The molecule has 4 heteroatoms. The second-order valence-electron chi connectivity index (χ2n) is 5.60. The van der Waals surface area contributed by atoms with Crippen molar-refractivity contribution in [2.75, 3.05) is 13.1 Å². The lowest BCUT2D eigenvalue weighted by Crippen LogP contribution is -2.43. The van der Waals surface area contributed by atoms with Crippen LogP contribution in [0.25, 0.3) is 0 Å². The molecular weight excluding hydrogens is 254 g/mol. The molecule has 1 saturated heterocycles. The Bertz CT molecular complexity index is 485. The average molecular weight is 277 g/mol. The summed E-state index contributed by atoms with van der Waals surface area (Å²) < 4.78 is 0. The lowest BCUT2D eigenvalue weighted by Gasteiger charge is -2.34. The summed E-state index contributed by atoms with van der Waals surface area (Å²) in [5.41, 5.74) is 1.41. The Morgan fingerprint density at radius 2 is 2.25 bits per heavy atom. The average Bonchev–Trinajstić information content (AvgIpc) is 2.47. The molecule has 2 atom stereocenters. The summed E-state index contributed by atoms with van der Waals surface area (Å²) >= 11 is 0. The number of nitrogens with zero attached hydrogens (tertiary/aromatic N) is 1. The lowest BCUT2D eigenvalue weighted by molar-refractivity contribution is 0.0464. The highest BCUT2D eigenvalue weighted by molar-refractivity contribution is 5.97. The van der Waals surface area contributed by atoms with Gasteiger partial charge in [0.1, 0.15) is 5.75 Å². The van der Waals surface area contributed by atoms with Crippen molar-refractivity contribution in [2.45, 2.75) is 39.2 Å². The zero-order valence-corrected chi connectivity index (χ0v) is 12.2. The van der Waals surface area contributed by atoms with Crippen molar-refractivity contribution in [3.8, 4) is 5.75 Å². The first-order valence-electron chi connectivity index (χ1n) is 7.32. The van der Waals surface area contributed by atoms with E-state index in [2.05, 4.69) is 0 Å². The van der Waals surface area contributed by atoms with Gasteiger partial charge in [-0.25, -0.2) is 0 Å². The molecular formula is C16H23NO3. The van der Waals surface area contributed by atoms with Crippen LogP contribution in [0.1, 0.15) is 42.6 Å². The highest BCUT2D eigenvalue weighted by atomic mass is 16.3. The number of carbonyl (C=O) groups is 1. The van der Waals surface area contributed by atoms with Crippen LogP contribution in [0.2, 0.25) is 0 Å². The second-order valence-corrected chi connectivity index (χ2v) is 5.60. The normalized spacial score (nSPS) is 20.8. The summed E-state index contributed by atoms with van der Waals surface area (Å²) in [6.07, 6.45) is 2.27. The summed E-state index contributed by atoms with van der Waals surface area (Å²) in [7, 11) is 0. The predicted octanol–water partition coefficient (Wildman–Crippen LogP) is 2.19. The number of carbonyl (C=O) groups excluding carboxylic acids is 1. The summed E-state index contributed by atoms with van der Waals surface area (Å²) in [5, 5.41) is 19.6. The summed E-state index contributed by atoms with van der Waals surface area (Å²) in [6, 6.07) is 5.19. The van der Waals surface area contributed by atoms with E-state index in [1.54, 1.807) is 24.0 Å². The van der Waals surface area contributed by atoms with Crippen molar-refractivity contribution in [3.63, 3.8) is 0 Å². The molecule has 2 rings (SSSR count). The zero-order chi connectivity index (χ0) is 14.7. The standard InChI is InChI=1S/C16H23NO3/c1-3-12-6-7-15(19)14(9-12)16(20)17-8-4-5-13(10-17)11(2)18/h6-7,9,11,13,18-19H,3-5,8,10H2,1-2H3. The molecule has 1 aromatic carbocycles. The number of hydrogen-bond acceptors (Lipinski definition) is 3. The Morgan fingerprint density at radius 1 is 1.50 bits per heavy atom. The van der Waals surface area contributed by atoms with Gasteiger partial charge in [-0.05, 0) is 43.9 Å². The van der Waals surface area contributed by atoms with E-state index in [-0.39, 0.29) is 17.6 Å². The molecule has 20 heavy (non-hydrogen) atoms. The molecule has 0 radical (unpaired) electrons. The van der Waals surface area contributed by atoms with E-state index in [4.69, 9.17) is 0 Å². The molecule has 4 nitrogen and oxygen atoms in total. The molecule has 0 bridgehead atoms. The van der Waals surface area contributed by atoms with E-state index >= 15 is 0 Å². The minimum absolute atomic E-state index is 0.0337. The minimum atomic E-state index is -0.402. The third-order valence-electron chi connectivity index (χ3n) is 4.13. The van der Waals surface area contributed by atoms with Gasteiger partial charge < -0.3 is 15.1 Å². The Labute approximate surface area is 120 Å². The fourth-order valence-corrected chi connectivity index (χ4v) is 2.73. The molecule has 0 aromatic heterocycles. The van der Waals surface area contributed by atoms with Crippen LogP contribution in [0.5, 0.6) is 5.75 Å². The molecule has 1 amide bonds. The Kier molecular flexibility index (Phi) is 4.65. The SMILES string of the molecule is CCc1ccc(O)c(C(=O)N2CCCC(C(C)O)C2)c1. The second kappa shape index (κ2) is 6.27. The van der Waals surface area contributed by atoms with Gasteiger partial charge in [-0.3, -0.25) is 4.79 Å². The number of aryl methyl sites for hydroxylation is 1. The molecule has 2 unspecified atom stereocenters. The van der Waals surface area contributed by atoms with Crippen LogP contribution in [0, 0.1) is 5.92 Å². The molecule has 110 valence electrons. The number of phenols is 1. The van der Waals surface area contributed by atoms with E-state index in [1.807, 2.05) is 13.0 Å². The highest BCUT2D eigenvalue weighted by Crippen LogP contribution is 2.25. The van der Waals surface area contributed by atoms with Gasteiger partial charge in [0, 0.05) is 19.0 Å². The topological polar surface area (TPSA) is 60.8 Å². The van der Waals surface area contributed by atoms with Crippen LogP contribution >= 0.6 is 0 Å². The van der Waals surface area contributed by atoms with Crippen molar-refractivity contribution in [1.82, 2.24) is 4.90 Å². The molecule has 0 saturated carbocycles. The van der Waals surface area contributed by atoms with Crippen molar-refractivity contribution in [3.05, 3.63) is 29.3 Å². The van der Waals surface area contributed by atoms with Crippen LogP contribution in [0.4, 0.5) is 0 Å². The first kappa shape index (κ1) is 14.9. The highest BCUT2D eigenvalue weighted by Gasteiger charge is 2.28. The molecule has 1 aliphatic rings. The number of benzene rings is 1. The number of aliphatic hydroxyl groups excluding tert-OH is 1. The van der Waals surface area contributed by atoms with Gasteiger partial charge in [-0.15, -0.1) is 0 Å².